The van der Waals surface area contributed by atoms with Gasteiger partial charge in [0.1, 0.15) is 122 Å². The summed E-state index contributed by atoms with van der Waals surface area (Å²) in [6.07, 6.45) is -40.4. The van der Waals surface area contributed by atoms with Crippen molar-refractivity contribution in [2.75, 3.05) is 33.0 Å². The molecule has 0 radical (unpaired) electrons. The fourth-order valence-electron chi connectivity index (χ4n) is 3.31. The Kier molecular flexibility index (Phi) is 48.0. The van der Waals surface area contributed by atoms with Gasteiger partial charge >= 0.3 is 26.2 Å². The zero-order valence-corrected chi connectivity index (χ0v) is 36.8. The van der Waals surface area contributed by atoms with E-state index < -0.39 is 185 Å². The predicted octanol–water partition coefficient (Wildman–Crippen LogP) is -23.8. The molecule has 67 heavy (non-hydrogen) atoms. The third-order valence-corrected chi connectivity index (χ3v) is 7.48. The molecule has 0 spiro atoms. The third-order valence-electron chi connectivity index (χ3n) is 7.48. The largest absolute Gasteiger partial charge is 4.00 e. The molecule has 20 atom stereocenters. The van der Waals surface area contributed by atoms with Crippen LogP contribution in [0.1, 0.15) is 0 Å². The van der Waals surface area contributed by atoms with E-state index in [1.807, 2.05) is 0 Å². The first-order chi connectivity index (χ1) is 29.6. The summed E-state index contributed by atoms with van der Waals surface area (Å²) in [5.41, 5.74) is 0. The van der Waals surface area contributed by atoms with Crippen LogP contribution in [-0.4, -0.2) is 313 Å². The molecule has 0 amide bonds. The summed E-state index contributed by atoms with van der Waals surface area (Å²) >= 11 is 0. The number of quaternary nitrogens is 1. The van der Waals surface area contributed by atoms with Gasteiger partial charge in [0.15, 0.2) is 0 Å². The smallest absolute Gasteiger partial charge is 0.547 e. The first kappa shape index (κ1) is 78.4. The van der Waals surface area contributed by atoms with Crippen LogP contribution in [0.25, 0.3) is 0 Å². The van der Waals surface area contributed by atoms with Gasteiger partial charge < -0.3 is 183 Å². The number of carbonyl (C=O) groups is 5. The molecular weight excluding hydrogens is 1030 g/mol. The van der Waals surface area contributed by atoms with Crippen LogP contribution < -0.4 is 31.7 Å². The molecule has 0 aromatic rings. The van der Waals surface area contributed by atoms with Crippen molar-refractivity contribution in [2.24, 2.45) is 0 Å². The monoisotopic (exact) mass is 1080 g/mol. The molecule has 0 fully saturated rings. The number of hydrogen-bond donors (Lipinski definition) is 26. The number of aliphatic hydroxyl groups excluding tert-OH is 25. The Morgan fingerprint density at radius 3 is 0.403 bits per heavy atom. The molecule has 0 aliphatic heterocycles. The van der Waals surface area contributed by atoms with Crippen molar-refractivity contribution in [3.05, 3.63) is 0 Å². The van der Waals surface area contributed by atoms with Gasteiger partial charge in [-0.25, -0.2) is 0 Å². The second-order valence-corrected chi connectivity index (χ2v) is 12.5. The summed E-state index contributed by atoms with van der Waals surface area (Å²) in [4.78, 5) is 49.9. The molecule has 0 aromatic heterocycles. The number of rotatable bonds is 25. The Labute approximate surface area is 393 Å². The van der Waals surface area contributed by atoms with E-state index in [1.165, 1.54) is 0 Å². The van der Waals surface area contributed by atoms with Gasteiger partial charge in [0, 0.05) is 0 Å². The van der Waals surface area contributed by atoms with Gasteiger partial charge in [-0.3, -0.25) is 0 Å². The van der Waals surface area contributed by atoms with E-state index in [0.29, 0.717) is 0 Å². The van der Waals surface area contributed by atoms with Crippen molar-refractivity contribution in [3.63, 3.8) is 0 Å². The van der Waals surface area contributed by atoms with Crippen LogP contribution in [0, 0.1) is 0 Å². The topological polar surface area (TPSA) is 743 Å². The second kappa shape index (κ2) is 41.0. The standard InChI is InChI=1S/5C6H12O7.H3N.Zr/c5*7-1-2(8)3(9)4(10)5(11)6(12)13;;/h5*2-5,7-11H,1H2,(H,12,13);1H3;/q;;;;;;+4/p-4/t5*2-,3-,4+,5-;;/m11111../s1. The molecule has 36 nitrogen and oxygen atoms in total. The van der Waals surface area contributed by atoms with Gasteiger partial charge in [-0.05, 0) is 0 Å². The molecule has 398 valence electrons. The van der Waals surface area contributed by atoms with Gasteiger partial charge in [-0.15, -0.1) is 0 Å². The van der Waals surface area contributed by atoms with Gasteiger partial charge in [0.2, 0.25) is 0 Å². The van der Waals surface area contributed by atoms with Crippen molar-refractivity contribution in [2.45, 2.75) is 122 Å². The number of aliphatic carboxylic acids is 5. The van der Waals surface area contributed by atoms with Crippen LogP contribution in [-0.2, 0) is 50.2 Å². The van der Waals surface area contributed by atoms with Crippen LogP contribution in [0.15, 0.2) is 0 Å². The van der Waals surface area contributed by atoms with Crippen LogP contribution in [0.3, 0.4) is 0 Å². The normalized spacial score (nSPS) is 19.8. The van der Waals surface area contributed by atoms with Crippen molar-refractivity contribution >= 4 is 29.8 Å². The molecular formula is C30H59NO35Zr. The fourth-order valence-corrected chi connectivity index (χ4v) is 3.31. The van der Waals surface area contributed by atoms with Gasteiger partial charge in [0.05, 0.1) is 62.9 Å². The number of hydrogen-bond acceptors (Lipinski definition) is 35. The maximum Gasteiger partial charge on any atom is 4.00 e. The van der Waals surface area contributed by atoms with Crippen molar-refractivity contribution in [1.29, 1.82) is 0 Å². The van der Waals surface area contributed by atoms with Gasteiger partial charge in [-0.2, -0.15) is 0 Å². The summed E-state index contributed by atoms with van der Waals surface area (Å²) < 4.78 is 0. The van der Waals surface area contributed by atoms with Crippen LogP contribution in [0.4, 0.5) is 0 Å². The zero-order valence-electron chi connectivity index (χ0n) is 34.3. The first-order valence-corrected chi connectivity index (χ1v) is 17.3. The van der Waals surface area contributed by atoms with Gasteiger partial charge in [0.25, 0.3) is 0 Å². The number of carboxylic acids is 5. The number of carbonyl (C=O) groups excluding carboxylic acids is 5. The Hall–Kier alpha value is -2.81. The Morgan fingerprint density at radius 2 is 0.343 bits per heavy atom. The molecule has 0 saturated heterocycles. The quantitative estimate of drug-likeness (QED) is 0.0404. The Balaban J connectivity index is -0.000000133. The molecule has 0 bridgehead atoms. The fraction of sp³-hybridized carbons (Fsp3) is 0.833. The molecule has 37 heteroatoms. The molecule has 0 rings (SSSR count). The van der Waals surface area contributed by atoms with Gasteiger partial charge in [-0.1, -0.05) is 0 Å². The molecule has 29 N–H and O–H groups in total. The number of carboxylic acid groups (broad SMARTS) is 5. The summed E-state index contributed by atoms with van der Waals surface area (Å²) in [5, 5.41) is 267. The van der Waals surface area contributed by atoms with Crippen LogP contribution in [0.2, 0.25) is 0 Å². The summed E-state index contributed by atoms with van der Waals surface area (Å²) in [7, 11) is 0. The van der Waals surface area contributed by atoms with E-state index in [0.717, 1.165) is 0 Å². The van der Waals surface area contributed by atoms with Crippen molar-refractivity contribution in [1.82, 2.24) is 6.15 Å². The van der Waals surface area contributed by atoms with Crippen LogP contribution in [0.5, 0.6) is 0 Å². The molecule has 0 aliphatic rings. The molecule has 0 aliphatic carbocycles. The summed E-state index contributed by atoms with van der Waals surface area (Å²) in [5.74, 6) is -9.88. The summed E-state index contributed by atoms with van der Waals surface area (Å²) in [6.45, 7) is -4.32. The van der Waals surface area contributed by atoms with E-state index in [4.69, 9.17) is 128 Å². The molecule has 0 saturated carbocycles. The third kappa shape index (κ3) is 31.1. The molecule has 0 heterocycles. The Bertz CT molecular complexity index is 1090. The van der Waals surface area contributed by atoms with E-state index in [-0.39, 0.29) is 32.4 Å². The van der Waals surface area contributed by atoms with E-state index in [1.54, 1.807) is 0 Å². The first-order valence-electron chi connectivity index (χ1n) is 17.3. The van der Waals surface area contributed by atoms with Crippen molar-refractivity contribution < 1.29 is 203 Å². The SMILES string of the molecule is O=C([O-])[C@H](O)[C@@H](O)[C@H](O)[C@H](O)CO.O=C([O-])[C@H](O)[C@@H](O)[C@H](O)[C@H](O)CO.O=C([O-])[C@H](O)[C@@H](O)[C@H](O)[C@H](O)CO.O=C([O-])[C@H](O)[C@@H](O)[C@H](O)[C@H](O)CO.O=C([O-])[C@H](O)[C@@H](O)[C@H](O)[C@H](O)CO.[NH4+].[Zr+4]. The van der Waals surface area contributed by atoms with E-state index >= 15 is 0 Å². The zero-order chi connectivity index (χ0) is 53.0. The van der Waals surface area contributed by atoms with Crippen LogP contribution >= 0.6 is 0 Å². The maximum absolute atomic E-state index is 9.98. The maximum atomic E-state index is 9.98. The average molecular weight is 1080 g/mol. The minimum Gasteiger partial charge on any atom is -0.547 e. The summed E-state index contributed by atoms with van der Waals surface area (Å²) in [6, 6.07) is 0. The molecule has 0 unspecified atom stereocenters. The minimum atomic E-state index is -2.31. The minimum absolute atomic E-state index is 0. The van der Waals surface area contributed by atoms with Crippen molar-refractivity contribution in [3.8, 4) is 0 Å². The molecule has 0 aromatic carbocycles. The van der Waals surface area contributed by atoms with E-state index in [9.17, 15) is 49.5 Å². The van der Waals surface area contributed by atoms with E-state index in [2.05, 4.69) is 0 Å². The average Bonchev–Trinajstić information content (AvgIpc) is 3.28. The predicted molar refractivity (Wildman–Crippen MR) is 187 cm³/mol. The Morgan fingerprint density at radius 1 is 0.254 bits per heavy atom. The second-order valence-electron chi connectivity index (χ2n) is 12.5. The number of aliphatic hydroxyl groups is 25.